The number of benzene rings is 2. The first-order valence-corrected chi connectivity index (χ1v) is 14.8. The molecule has 13 heteroatoms. The highest BCUT2D eigenvalue weighted by molar-refractivity contribution is 6.99. The van der Waals surface area contributed by atoms with E-state index < -0.39 is 45.4 Å². The third-order valence-electron chi connectivity index (χ3n) is 6.71. The molecule has 4 rings (SSSR count). The van der Waals surface area contributed by atoms with E-state index in [1.165, 1.54) is 10.9 Å². The molecule has 1 fully saturated rings. The van der Waals surface area contributed by atoms with Crippen molar-refractivity contribution < 1.29 is 41.4 Å². The number of nitrogens with zero attached hydrogens (tertiary/aromatic N) is 1. The first kappa shape index (κ1) is 30.3. The number of aliphatic hydroxyl groups excluding tert-OH is 1. The van der Waals surface area contributed by atoms with Gasteiger partial charge in [-0.3, -0.25) is 9.42 Å². The third kappa shape index (κ3) is 6.96. The fourth-order valence-corrected chi connectivity index (χ4v) is 9.39. The Bertz CT molecular complexity index is 1350. The Morgan fingerprint density at radius 3 is 2.29 bits per heavy atom. The minimum atomic E-state index is -4.99. The Balaban J connectivity index is 1.50. The number of carbonyl (C=O) groups excluding carboxylic acids is 1. The van der Waals surface area contributed by atoms with Gasteiger partial charge >= 0.3 is 12.1 Å². The minimum Gasteiger partial charge on any atom is -0.405 e. The summed E-state index contributed by atoms with van der Waals surface area (Å²) in [6, 6.07) is 20.2. The zero-order valence-electron chi connectivity index (χ0n) is 22.8. The molecule has 41 heavy (non-hydrogen) atoms. The first-order chi connectivity index (χ1) is 19.4. The molecular formula is C28H32F3N3O6Si. The lowest BCUT2D eigenvalue weighted by Crippen LogP contribution is -2.67. The number of nitrogens with one attached hydrogen (secondary N) is 2. The van der Waals surface area contributed by atoms with Gasteiger partial charge in [0, 0.05) is 6.42 Å². The Labute approximate surface area is 235 Å². The van der Waals surface area contributed by atoms with Crippen LogP contribution >= 0.6 is 0 Å². The highest BCUT2D eigenvalue weighted by atomic mass is 28.4. The molecule has 1 aliphatic rings. The number of aromatic amines is 1. The molecule has 3 N–H and O–H groups in total. The van der Waals surface area contributed by atoms with Crippen LogP contribution < -0.4 is 15.7 Å². The van der Waals surface area contributed by atoms with Gasteiger partial charge in [0.1, 0.15) is 6.10 Å². The molecule has 0 radical (unpaired) electrons. The average molecular weight is 592 g/mol. The van der Waals surface area contributed by atoms with Gasteiger partial charge in [0.2, 0.25) is 5.76 Å². The van der Waals surface area contributed by atoms with Gasteiger partial charge in [-0.25, -0.2) is 0 Å². The predicted molar refractivity (Wildman–Crippen MR) is 145 cm³/mol. The number of hydrogen-bond donors (Lipinski definition) is 3. The SMILES string of the molecule is CC(C)(C)[Si](OC[C@H]1O[C@@H](n2cc(C#CCNC(=O)C(F)(F)F)o[nH]o2)C[C@@H]1O)(c1ccccc1)c1ccccc1. The summed E-state index contributed by atoms with van der Waals surface area (Å²) < 4.78 is 61.4. The first-order valence-electron chi connectivity index (χ1n) is 12.9. The van der Waals surface area contributed by atoms with E-state index in [1.54, 1.807) is 5.32 Å². The van der Waals surface area contributed by atoms with Crippen LogP contribution in [0.1, 0.15) is 39.2 Å². The van der Waals surface area contributed by atoms with E-state index in [0.717, 1.165) is 10.4 Å². The minimum absolute atomic E-state index is 0.00242. The Hall–Kier alpha value is -3.70. The van der Waals surface area contributed by atoms with Crippen LogP contribution in [-0.2, 0) is 14.0 Å². The number of rotatable bonds is 7. The highest BCUT2D eigenvalue weighted by Gasteiger charge is 2.51. The molecule has 0 spiro atoms. The largest absolute Gasteiger partial charge is 0.471 e. The fraction of sp³-hybridized carbons (Fsp3) is 0.393. The second-order valence-corrected chi connectivity index (χ2v) is 14.8. The van der Waals surface area contributed by atoms with Gasteiger partial charge < -0.3 is 24.1 Å². The number of hydrogen-bond acceptors (Lipinski definition) is 6. The molecule has 0 aliphatic carbocycles. The molecule has 3 aromatic rings. The normalized spacial score (nSPS) is 19.3. The lowest BCUT2D eigenvalue weighted by molar-refractivity contribution is -0.173. The topological polar surface area (TPSA) is 115 Å². The van der Waals surface area contributed by atoms with Crippen molar-refractivity contribution in [2.45, 2.75) is 56.8 Å². The predicted octanol–water partition coefficient (Wildman–Crippen LogP) is 3.38. The van der Waals surface area contributed by atoms with Gasteiger partial charge in [-0.1, -0.05) is 92.7 Å². The van der Waals surface area contributed by atoms with Crippen molar-refractivity contribution in [2.24, 2.45) is 0 Å². The van der Waals surface area contributed by atoms with Crippen LogP contribution in [0.4, 0.5) is 13.2 Å². The average Bonchev–Trinajstić information content (AvgIpc) is 3.32. The number of H-pyrrole nitrogens is 1. The molecule has 1 aliphatic heterocycles. The number of ether oxygens (including phenoxy) is 1. The van der Waals surface area contributed by atoms with E-state index in [1.807, 2.05) is 36.4 Å². The van der Waals surface area contributed by atoms with E-state index in [-0.39, 0.29) is 23.8 Å². The third-order valence-corrected chi connectivity index (χ3v) is 11.7. The van der Waals surface area contributed by atoms with Gasteiger partial charge in [-0.15, -0.1) is 0 Å². The molecule has 1 amide bonds. The molecule has 220 valence electrons. The number of aromatic nitrogens is 2. The van der Waals surface area contributed by atoms with Crippen LogP contribution in [0.2, 0.25) is 5.04 Å². The van der Waals surface area contributed by atoms with Crippen LogP contribution in [0.5, 0.6) is 0 Å². The number of alkyl halides is 3. The second-order valence-electron chi connectivity index (χ2n) is 10.5. The molecule has 0 saturated carbocycles. The molecular weight excluding hydrogens is 559 g/mol. The summed E-state index contributed by atoms with van der Waals surface area (Å²) in [4.78, 5) is 10.9. The van der Waals surface area contributed by atoms with Crippen molar-refractivity contribution in [3.63, 3.8) is 0 Å². The monoisotopic (exact) mass is 591 g/mol. The zero-order chi connectivity index (χ0) is 29.7. The quantitative estimate of drug-likeness (QED) is 0.287. The van der Waals surface area contributed by atoms with Gasteiger partial charge in [0.25, 0.3) is 8.32 Å². The fourth-order valence-electron chi connectivity index (χ4n) is 4.82. The number of amides is 1. The summed E-state index contributed by atoms with van der Waals surface area (Å²) in [7, 11) is -2.86. The summed E-state index contributed by atoms with van der Waals surface area (Å²) in [5, 5.41) is 16.7. The Morgan fingerprint density at radius 2 is 1.73 bits per heavy atom. The van der Waals surface area contributed by atoms with Crippen molar-refractivity contribution in [3.8, 4) is 11.8 Å². The van der Waals surface area contributed by atoms with Crippen LogP contribution in [0.3, 0.4) is 0 Å². The summed E-state index contributed by atoms with van der Waals surface area (Å²) in [5.74, 6) is 2.77. The van der Waals surface area contributed by atoms with Crippen molar-refractivity contribution in [3.05, 3.63) is 72.6 Å². The van der Waals surface area contributed by atoms with Crippen molar-refractivity contribution in [1.82, 2.24) is 15.4 Å². The molecule has 0 unspecified atom stereocenters. The molecule has 2 aromatic carbocycles. The summed E-state index contributed by atoms with van der Waals surface area (Å²) in [6.07, 6.45) is -5.77. The maximum absolute atomic E-state index is 12.3. The van der Waals surface area contributed by atoms with E-state index in [9.17, 15) is 23.1 Å². The molecule has 3 atom stereocenters. The zero-order valence-corrected chi connectivity index (χ0v) is 23.8. The van der Waals surface area contributed by atoms with Crippen LogP contribution in [0, 0.1) is 11.8 Å². The van der Waals surface area contributed by atoms with Crippen molar-refractivity contribution in [2.75, 3.05) is 13.2 Å². The molecule has 2 heterocycles. The summed E-state index contributed by atoms with van der Waals surface area (Å²) in [6.45, 7) is 6.05. The second kappa shape index (κ2) is 12.4. The smallest absolute Gasteiger partial charge is 0.405 e. The number of carbonyl (C=O) groups is 1. The van der Waals surface area contributed by atoms with E-state index in [4.69, 9.17) is 18.3 Å². The molecule has 1 saturated heterocycles. The van der Waals surface area contributed by atoms with Crippen molar-refractivity contribution in [1.29, 1.82) is 0 Å². The van der Waals surface area contributed by atoms with Crippen LogP contribution in [0.15, 0.2) is 76.0 Å². The molecule has 9 nitrogen and oxygen atoms in total. The maximum Gasteiger partial charge on any atom is 0.471 e. The van der Waals surface area contributed by atoms with E-state index in [2.05, 4.69) is 62.2 Å². The lowest BCUT2D eigenvalue weighted by Gasteiger charge is -2.43. The van der Waals surface area contributed by atoms with Gasteiger partial charge in [0.05, 0.1) is 25.5 Å². The molecule has 0 bridgehead atoms. The Morgan fingerprint density at radius 1 is 1.12 bits per heavy atom. The van der Waals surface area contributed by atoms with Crippen LogP contribution in [-0.4, -0.2) is 60.9 Å². The summed E-state index contributed by atoms with van der Waals surface area (Å²) >= 11 is 0. The van der Waals surface area contributed by atoms with Gasteiger partial charge in [-0.2, -0.15) is 17.9 Å². The van der Waals surface area contributed by atoms with E-state index in [0.29, 0.717) is 0 Å². The lowest BCUT2D eigenvalue weighted by atomic mass is 10.2. The van der Waals surface area contributed by atoms with Crippen molar-refractivity contribution >= 4 is 24.6 Å². The number of aliphatic hydroxyl groups is 1. The molecule has 1 aromatic heterocycles. The van der Waals surface area contributed by atoms with Crippen LogP contribution in [0.25, 0.3) is 0 Å². The highest BCUT2D eigenvalue weighted by Crippen LogP contribution is 2.38. The van der Waals surface area contributed by atoms with Gasteiger partial charge in [-0.05, 0) is 21.3 Å². The standard InChI is InChI=1S/C28H32F3N3O6Si/c1-27(2,3)41(21-12-6-4-7-13-21,22-14-8-5-9-15-22)37-19-24-23(35)17-25(38-24)34-18-20(39-33-40-34)11-10-16-32-26(36)28(29,30)31/h4-9,12-15,18,23-25,33,35H,16-17,19H2,1-3H3,(H,32,36)/t23-,24+,25+/m0/s1. The Kier molecular flexibility index (Phi) is 9.18. The van der Waals surface area contributed by atoms with E-state index >= 15 is 0 Å². The summed E-state index contributed by atoms with van der Waals surface area (Å²) in [5.41, 5.74) is 0. The van der Waals surface area contributed by atoms with Gasteiger partial charge in [0.15, 0.2) is 6.23 Å². The maximum atomic E-state index is 12.3. The number of halogens is 3.